The van der Waals surface area contributed by atoms with Crippen LogP contribution in [-0.4, -0.2) is 4.98 Å². The minimum atomic E-state index is 0.365. The maximum absolute atomic E-state index is 6.19. The van der Waals surface area contributed by atoms with Crippen molar-refractivity contribution in [2.24, 2.45) is 5.73 Å². The maximum Gasteiger partial charge on any atom is 0.238 e. The Kier molecular flexibility index (Phi) is 4.40. The number of nitrogens with two attached hydrogens (primary N) is 1. The van der Waals surface area contributed by atoms with Crippen LogP contribution >= 0.6 is 11.6 Å². The van der Waals surface area contributed by atoms with Gasteiger partial charge >= 0.3 is 0 Å². The van der Waals surface area contributed by atoms with Gasteiger partial charge in [0.2, 0.25) is 5.88 Å². The zero-order valence-corrected chi connectivity index (χ0v) is 11.8. The third-order valence-corrected chi connectivity index (χ3v) is 3.30. The first kappa shape index (κ1) is 13.8. The van der Waals surface area contributed by atoms with Gasteiger partial charge in [0.25, 0.3) is 0 Å². The van der Waals surface area contributed by atoms with Crippen molar-refractivity contribution >= 4 is 11.6 Å². The summed E-state index contributed by atoms with van der Waals surface area (Å²) in [6.45, 7) is 4.64. The number of hydrogen-bond acceptors (Lipinski definition) is 3. The van der Waals surface area contributed by atoms with Crippen molar-refractivity contribution < 1.29 is 4.74 Å². The standard InChI is InChI=1S/C15H17ClN2O/c1-10(2)11-4-3-5-13(8-11)19-15-14(16)12(9-17)6-7-18-15/h3-8,10H,9,17H2,1-2H3. The zero-order valence-electron chi connectivity index (χ0n) is 11.1. The molecule has 0 fully saturated rings. The number of pyridine rings is 1. The first-order chi connectivity index (χ1) is 9.11. The predicted octanol–water partition coefficient (Wildman–Crippen LogP) is 4.11. The Morgan fingerprint density at radius 3 is 2.79 bits per heavy atom. The first-order valence-corrected chi connectivity index (χ1v) is 6.61. The van der Waals surface area contributed by atoms with Crippen LogP contribution in [0, 0.1) is 0 Å². The van der Waals surface area contributed by atoms with Gasteiger partial charge in [0.15, 0.2) is 0 Å². The van der Waals surface area contributed by atoms with Crippen LogP contribution in [0.5, 0.6) is 11.6 Å². The number of ether oxygens (including phenoxy) is 1. The second-order valence-corrected chi connectivity index (χ2v) is 5.00. The molecule has 1 heterocycles. The normalized spacial score (nSPS) is 10.8. The fourth-order valence-corrected chi connectivity index (χ4v) is 1.97. The molecule has 0 aliphatic heterocycles. The molecule has 0 unspecified atom stereocenters. The molecular weight excluding hydrogens is 260 g/mol. The minimum absolute atomic E-state index is 0.365. The van der Waals surface area contributed by atoms with Gasteiger partial charge in [-0.2, -0.15) is 0 Å². The van der Waals surface area contributed by atoms with Gasteiger partial charge in [0, 0.05) is 12.7 Å². The van der Waals surface area contributed by atoms with Crippen molar-refractivity contribution in [3.05, 3.63) is 52.7 Å². The van der Waals surface area contributed by atoms with Crippen molar-refractivity contribution in [1.82, 2.24) is 4.98 Å². The minimum Gasteiger partial charge on any atom is -0.438 e. The summed E-state index contributed by atoms with van der Waals surface area (Å²) in [6, 6.07) is 9.71. The van der Waals surface area contributed by atoms with Crippen LogP contribution in [0.3, 0.4) is 0 Å². The van der Waals surface area contributed by atoms with E-state index in [0.717, 1.165) is 11.3 Å². The number of hydrogen-bond donors (Lipinski definition) is 1. The van der Waals surface area contributed by atoms with Crippen molar-refractivity contribution in [2.75, 3.05) is 0 Å². The monoisotopic (exact) mass is 276 g/mol. The topological polar surface area (TPSA) is 48.1 Å². The molecule has 0 atom stereocenters. The van der Waals surface area contributed by atoms with Crippen molar-refractivity contribution in [1.29, 1.82) is 0 Å². The summed E-state index contributed by atoms with van der Waals surface area (Å²) in [6.07, 6.45) is 1.65. The highest BCUT2D eigenvalue weighted by molar-refractivity contribution is 6.32. The van der Waals surface area contributed by atoms with E-state index in [1.807, 2.05) is 18.2 Å². The quantitative estimate of drug-likeness (QED) is 0.914. The van der Waals surface area contributed by atoms with Gasteiger partial charge in [-0.3, -0.25) is 0 Å². The van der Waals surface area contributed by atoms with Gasteiger partial charge in [-0.05, 0) is 35.2 Å². The molecule has 100 valence electrons. The summed E-state index contributed by atoms with van der Waals surface area (Å²) >= 11 is 6.19. The number of halogens is 1. The highest BCUT2D eigenvalue weighted by Gasteiger charge is 2.09. The Balaban J connectivity index is 2.28. The second kappa shape index (κ2) is 6.04. The molecule has 1 aromatic heterocycles. The molecule has 0 saturated carbocycles. The number of benzene rings is 1. The molecule has 0 aliphatic carbocycles. The van der Waals surface area contributed by atoms with Gasteiger partial charge in [-0.1, -0.05) is 37.6 Å². The van der Waals surface area contributed by atoms with Gasteiger partial charge in [0.1, 0.15) is 10.8 Å². The van der Waals surface area contributed by atoms with Gasteiger partial charge in [0.05, 0.1) is 0 Å². The summed E-state index contributed by atoms with van der Waals surface area (Å²) in [4.78, 5) is 4.15. The highest BCUT2D eigenvalue weighted by Crippen LogP contribution is 2.30. The fourth-order valence-electron chi connectivity index (χ4n) is 1.74. The van der Waals surface area contributed by atoms with E-state index >= 15 is 0 Å². The summed E-state index contributed by atoms with van der Waals surface area (Å²) < 4.78 is 5.74. The third kappa shape index (κ3) is 3.25. The molecule has 0 bridgehead atoms. The van der Waals surface area contributed by atoms with Gasteiger partial charge < -0.3 is 10.5 Å². The van der Waals surface area contributed by atoms with E-state index in [-0.39, 0.29) is 0 Å². The number of rotatable bonds is 4. The molecule has 2 N–H and O–H groups in total. The summed E-state index contributed by atoms with van der Waals surface area (Å²) in [5.74, 6) is 1.57. The Hall–Kier alpha value is -1.58. The van der Waals surface area contributed by atoms with E-state index in [2.05, 4.69) is 24.9 Å². The lowest BCUT2D eigenvalue weighted by Gasteiger charge is -2.11. The molecule has 2 rings (SSSR count). The van der Waals surface area contributed by atoms with E-state index in [9.17, 15) is 0 Å². The SMILES string of the molecule is CC(C)c1cccc(Oc2nccc(CN)c2Cl)c1. The second-order valence-electron chi connectivity index (χ2n) is 4.62. The summed E-state index contributed by atoms with van der Waals surface area (Å²) in [5.41, 5.74) is 7.65. The highest BCUT2D eigenvalue weighted by atomic mass is 35.5. The molecule has 19 heavy (non-hydrogen) atoms. The molecule has 4 heteroatoms. The van der Waals surface area contributed by atoms with Crippen LogP contribution in [0.15, 0.2) is 36.5 Å². The van der Waals surface area contributed by atoms with Crippen LogP contribution < -0.4 is 10.5 Å². The number of aromatic nitrogens is 1. The molecule has 0 aliphatic rings. The zero-order chi connectivity index (χ0) is 13.8. The Morgan fingerprint density at radius 1 is 1.32 bits per heavy atom. The van der Waals surface area contributed by atoms with E-state index in [4.69, 9.17) is 22.1 Å². The van der Waals surface area contributed by atoms with Crippen LogP contribution in [0.2, 0.25) is 5.02 Å². The third-order valence-electron chi connectivity index (χ3n) is 2.90. The average Bonchev–Trinajstić information content (AvgIpc) is 2.41. The summed E-state index contributed by atoms with van der Waals surface area (Å²) in [5, 5.41) is 0.472. The Morgan fingerprint density at radius 2 is 2.11 bits per heavy atom. The van der Waals surface area contributed by atoms with E-state index in [1.165, 1.54) is 5.56 Å². The molecule has 3 nitrogen and oxygen atoms in total. The molecule has 0 spiro atoms. The molecule has 0 amide bonds. The smallest absolute Gasteiger partial charge is 0.238 e. The predicted molar refractivity (Wildman–Crippen MR) is 77.7 cm³/mol. The van der Waals surface area contributed by atoms with E-state index in [0.29, 0.717) is 23.4 Å². The average molecular weight is 277 g/mol. The van der Waals surface area contributed by atoms with Crippen molar-refractivity contribution in [3.63, 3.8) is 0 Å². The van der Waals surface area contributed by atoms with Crippen molar-refractivity contribution in [2.45, 2.75) is 26.3 Å². The fraction of sp³-hybridized carbons (Fsp3) is 0.267. The molecule has 0 saturated heterocycles. The van der Waals surface area contributed by atoms with Crippen LogP contribution in [0.1, 0.15) is 30.9 Å². The lowest BCUT2D eigenvalue weighted by Crippen LogP contribution is -1.99. The Bertz CT molecular complexity index is 570. The molecule has 0 radical (unpaired) electrons. The molecule has 2 aromatic rings. The van der Waals surface area contributed by atoms with Gasteiger partial charge in [-0.15, -0.1) is 0 Å². The molecular formula is C15H17ClN2O. The largest absolute Gasteiger partial charge is 0.438 e. The van der Waals surface area contributed by atoms with E-state index < -0.39 is 0 Å². The summed E-state index contributed by atoms with van der Waals surface area (Å²) in [7, 11) is 0. The Labute approximate surface area is 118 Å². The van der Waals surface area contributed by atoms with Gasteiger partial charge in [-0.25, -0.2) is 4.98 Å². The van der Waals surface area contributed by atoms with Crippen LogP contribution in [0.4, 0.5) is 0 Å². The molecule has 1 aromatic carbocycles. The van der Waals surface area contributed by atoms with Crippen molar-refractivity contribution in [3.8, 4) is 11.6 Å². The lowest BCUT2D eigenvalue weighted by molar-refractivity contribution is 0.461. The van der Waals surface area contributed by atoms with E-state index in [1.54, 1.807) is 12.3 Å². The lowest BCUT2D eigenvalue weighted by atomic mass is 10.0. The first-order valence-electron chi connectivity index (χ1n) is 6.23. The van der Waals surface area contributed by atoms with Crippen LogP contribution in [0.25, 0.3) is 0 Å². The van der Waals surface area contributed by atoms with Crippen LogP contribution in [-0.2, 0) is 6.54 Å². The maximum atomic E-state index is 6.19. The number of nitrogens with zero attached hydrogens (tertiary/aromatic N) is 1.